The van der Waals surface area contributed by atoms with Gasteiger partial charge in [-0.2, -0.15) is 0 Å². The highest BCUT2D eigenvalue weighted by molar-refractivity contribution is 6.32. The van der Waals surface area contributed by atoms with E-state index in [1.165, 1.54) is 17.2 Å². The lowest BCUT2D eigenvalue weighted by molar-refractivity contribution is -0.144. The molecule has 2 rings (SSSR count). The van der Waals surface area contributed by atoms with Crippen molar-refractivity contribution in [1.82, 2.24) is 4.90 Å². The topological polar surface area (TPSA) is 70.8 Å². The van der Waals surface area contributed by atoms with E-state index in [9.17, 15) is 14.7 Å². The van der Waals surface area contributed by atoms with Crippen molar-refractivity contribution in [2.75, 3.05) is 6.54 Å². The van der Waals surface area contributed by atoms with Crippen molar-refractivity contribution in [2.45, 2.75) is 32.2 Å². The second-order valence-electron chi connectivity index (χ2n) is 4.76. The highest BCUT2D eigenvalue weighted by Gasteiger charge is 2.36. The summed E-state index contributed by atoms with van der Waals surface area (Å²) in [5, 5.41) is 9.29. The second kappa shape index (κ2) is 5.65. The van der Waals surface area contributed by atoms with E-state index < -0.39 is 12.0 Å². The molecule has 1 aromatic rings. The fourth-order valence-corrected chi connectivity index (χ4v) is 2.68. The van der Waals surface area contributed by atoms with E-state index >= 15 is 0 Å². The Labute approximate surface area is 116 Å². The van der Waals surface area contributed by atoms with Crippen LogP contribution >= 0.6 is 11.6 Å². The van der Waals surface area contributed by atoms with Gasteiger partial charge >= 0.3 is 5.97 Å². The number of carboxylic acids is 1. The third kappa shape index (κ3) is 2.76. The second-order valence-corrected chi connectivity index (χ2v) is 5.10. The van der Waals surface area contributed by atoms with E-state index in [0.29, 0.717) is 18.9 Å². The van der Waals surface area contributed by atoms with E-state index in [0.717, 1.165) is 12.8 Å². The molecule has 0 aliphatic carbocycles. The smallest absolute Gasteiger partial charge is 0.326 e. The first kappa shape index (κ1) is 13.9. The molecule has 1 saturated heterocycles. The summed E-state index contributed by atoms with van der Waals surface area (Å²) in [6.07, 6.45) is 3.57. The third-order valence-electron chi connectivity index (χ3n) is 3.68. The Morgan fingerprint density at radius 3 is 2.84 bits per heavy atom. The molecule has 0 spiro atoms. The summed E-state index contributed by atoms with van der Waals surface area (Å²) in [5.74, 6) is -0.989. The molecule has 0 aromatic carbocycles. The minimum atomic E-state index is -0.967. The van der Waals surface area contributed by atoms with Crippen LogP contribution in [0.3, 0.4) is 0 Å². The molecule has 0 bridgehead atoms. The Hall–Kier alpha value is -1.49. The van der Waals surface area contributed by atoms with Gasteiger partial charge in [-0.1, -0.05) is 13.3 Å². The number of rotatable bonds is 3. The van der Waals surface area contributed by atoms with Crippen LogP contribution in [0.1, 0.15) is 36.5 Å². The van der Waals surface area contributed by atoms with Gasteiger partial charge in [-0.05, 0) is 36.4 Å². The fourth-order valence-electron chi connectivity index (χ4n) is 2.49. The number of carbonyl (C=O) groups excluding carboxylic acids is 1. The van der Waals surface area contributed by atoms with E-state index in [4.69, 9.17) is 16.0 Å². The number of halogens is 1. The zero-order chi connectivity index (χ0) is 14.0. The molecular weight excluding hydrogens is 270 g/mol. The standard InChI is InChI=1S/C13H16ClNO4/c1-2-8-3-5-15(10(7-8)13(17)18)12(16)9-4-6-19-11(9)14/h4,6,8,10H,2-3,5,7H2,1H3,(H,17,18). The van der Waals surface area contributed by atoms with Crippen LogP contribution in [0.2, 0.25) is 5.22 Å². The average Bonchev–Trinajstić information content (AvgIpc) is 2.83. The maximum Gasteiger partial charge on any atom is 0.326 e. The summed E-state index contributed by atoms with van der Waals surface area (Å²) < 4.78 is 4.88. The van der Waals surface area contributed by atoms with Gasteiger partial charge in [0, 0.05) is 6.54 Å². The molecule has 0 radical (unpaired) electrons. The highest BCUT2D eigenvalue weighted by Crippen LogP contribution is 2.28. The number of carbonyl (C=O) groups is 2. The zero-order valence-electron chi connectivity index (χ0n) is 10.6. The van der Waals surface area contributed by atoms with E-state index in [1.807, 2.05) is 6.92 Å². The van der Waals surface area contributed by atoms with Crippen LogP contribution in [-0.4, -0.2) is 34.5 Å². The summed E-state index contributed by atoms with van der Waals surface area (Å²) in [5.41, 5.74) is 0.225. The predicted octanol–water partition coefficient (Wildman–Crippen LogP) is 2.65. The molecule has 104 valence electrons. The third-order valence-corrected chi connectivity index (χ3v) is 3.98. The molecular formula is C13H16ClNO4. The number of hydrogen-bond donors (Lipinski definition) is 1. The van der Waals surface area contributed by atoms with Gasteiger partial charge in [-0.3, -0.25) is 4.79 Å². The SMILES string of the molecule is CCC1CCN(C(=O)c2ccoc2Cl)C(C(=O)O)C1. The van der Waals surface area contributed by atoms with E-state index in [1.54, 1.807) is 0 Å². The van der Waals surface area contributed by atoms with Crippen LogP contribution in [0.15, 0.2) is 16.7 Å². The molecule has 5 nitrogen and oxygen atoms in total. The fraction of sp³-hybridized carbons (Fsp3) is 0.538. The maximum absolute atomic E-state index is 12.3. The highest BCUT2D eigenvalue weighted by atomic mass is 35.5. The van der Waals surface area contributed by atoms with Crippen molar-refractivity contribution in [2.24, 2.45) is 5.92 Å². The Morgan fingerprint density at radius 2 is 2.32 bits per heavy atom. The summed E-state index contributed by atoms with van der Waals surface area (Å²) in [7, 11) is 0. The number of furan rings is 1. The number of amides is 1. The number of carboxylic acid groups (broad SMARTS) is 1. The Morgan fingerprint density at radius 1 is 1.58 bits per heavy atom. The van der Waals surface area contributed by atoms with Crippen molar-refractivity contribution < 1.29 is 19.1 Å². The van der Waals surface area contributed by atoms with Crippen molar-refractivity contribution in [1.29, 1.82) is 0 Å². The first-order chi connectivity index (χ1) is 9.04. The number of likely N-dealkylation sites (tertiary alicyclic amines) is 1. The first-order valence-electron chi connectivity index (χ1n) is 6.31. The molecule has 6 heteroatoms. The summed E-state index contributed by atoms with van der Waals surface area (Å²) >= 11 is 5.78. The Balaban J connectivity index is 2.20. The largest absolute Gasteiger partial charge is 0.480 e. The van der Waals surface area contributed by atoms with Crippen LogP contribution in [0.4, 0.5) is 0 Å². The number of piperidine rings is 1. The molecule has 0 saturated carbocycles. The molecule has 1 aromatic heterocycles. The number of hydrogen-bond acceptors (Lipinski definition) is 3. The van der Waals surface area contributed by atoms with Crippen LogP contribution in [-0.2, 0) is 4.79 Å². The van der Waals surface area contributed by atoms with Crippen LogP contribution < -0.4 is 0 Å². The molecule has 1 amide bonds. The predicted molar refractivity (Wildman–Crippen MR) is 69.2 cm³/mol. The quantitative estimate of drug-likeness (QED) is 0.927. The molecule has 2 heterocycles. The van der Waals surface area contributed by atoms with Crippen LogP contribution in [0, 0.1) is 5.92 Å². The molecule has 1 N–H and O–H groups in total. The average molecular weight is 286 g/mol. The van der Waals surface area contributed by atoms with Crippen LogP contribution in [0.5, 0.6) is 0 Å². The number of nitrogens with zero attached hydrogens (tertiary/aromatic N) is 1. The molecule has 2 atom stereocenters. The van der Waals surface area contributed by atoms with Crippen molar-refractivity contribution in [3.63, 3.8) is 0 Å². The minimum absolute atomic E-state index is 0.00625. The summed E-state index contributed by atoms with van der Waals surface area (Å²) in [6, 6.07) is 0.687. The van der Waals surface area contributed by atoms with Gasteiger partial charge in [0.05, 0.1) is 11.8 Å². The summed E-state index contributed by atoms with van der Waals surface area (Å²) in [6.45, 7) is 2.48. The van der Waals surface area contributed by atoms with Gasteiger partial charge in [-0.25, -0.2) is 4.79 Å². The molecule has 1 fully saturated rings. The Bertz CT molecular complexity index is 485. The summed E-state index contributed by atoms with van der Waals surface area (Å²) in [4.78, 5) is 25.0. The van der Waals surface area contributed by atoms with Gasteiger partial charge in [0.15, 0.2) is 0 Å². The molecule has 19 heavy (non-hydrogen) atoms. The van der Waals surface area contributed by atoms with Crippen molar-refractivity contribution >= 4 is 23.5 Å². The monoisotopic (exact) mass is 285 g/mol. The lowest BCUT2D eigenvalue weighted by Gasteiger charge is -2.36. The van der Waals surface area contributed by atoms with Crippen molar-refractivity contribution in [3.05, 3.63) is 23.1 Å². The van der Waals surface area contributed by atoms with E-state index in [-0.39, 0.29) is 16.7 Å². The van der Waals surface area contributed by atoms with Gasteiger partial charge in [0.25, 0.3) is 5.91 Å². The normalized spacial score (nSPS) is 23.4. The van der Waals surface area contributed by atoms with E-state index in [2.05, 4.69) is 0 Å². The Kier molecular flexibility index (Phi) is 4.14. The van der Waals surface area contributed by atoms with Crippen molar-refractivity contribution in [3.8, 4) is 0 Å². The van der Waals surface area contributed by atoms with Gasteiger partial charge in [0.1, 0.15) is 6.04 Å². The van der Waals surface area contributed by atoms with Gasteiger partial charge in [0.2, 0.25) is 5.22 Å². The van der Waals surface area contributed by atoms with Gasteiger partial charge < -0.3 is 14.4 Å². The molecule has 1 aliphatic rings. The van der Waals surface area contributed by atoms with Crippen LogP contribution in [0.25, 0.3) is 0 Å². The lowest BCUT2D eigenvalue weighted by Crippen LogP contribution is -2.50. The number of aliphatic carboxylic acids is 1. The molecule has 2 unspecified atom stereocenters. The first-order valence-corrected chi connectivity index (χ1v) is 6.69. The van der Waals surface area contributed by atoms with Gasteiger partial charge in [-0.15, -0.1) is 0 Å². The lowest BCUT2D eigenvalue weighted by atomic mass is 9.88. The molecule has 1 aliphatic heterocycles. The maximum atomic E-state index is 12.3. The zero-order valence-corrected chi connectivity index (χ0v) is 11.4. The minimum Gasteiger partial charge on any atom is -0.480 e.